The van der Waals surface area contributed by atoms with Crippen LogP contribution in [0.2, 0.25) is 10.0 Å². The second kappa shape index (κ2) is 11.8. The monoisotopic (exact) mass is 538 g/mol. The molecule has 1 aliphatic heterocycles. The lowest BCUT2D eigenvalue weighted by Gasteiger charge is -2.24. The van der Waals surface area contributed by atoms with Gasteiger partial charge in [0.25, 0.3) is 0 Å². The van der Waals surface area contributed by atoms with Gasteiger partial charge < -0.3 is 14.2 Å². The minimum absolute atomic E-state index is 0.642. The van der Waals surface area contributed by atoms with E-state index >= 15 is 0 Å². The van der Waals surface area contributed by atoms with Crippen molar-refractivity contribution in [3.8, 4) is 22.5 Å². The average Bonchev–Trinajstić information content (AvgIpc) is 2.90. The molecule has 0 aromatic heterocycles. The van der Waals surface area contributed by atoms with Gasteiger partial charge in [-0.1, -0.05) is 23.2 Å². The normalized spacial score (nSPS) is 11.4. The largest absolute Gasteiger partial charge is 0.456 e. The number of hydrogen-bond donors (Lipinski definition) is 0. The van der Waals surface area contributed by atoms with Crippen molar-refractivity contribution in [2.45, 2.75) is 41.5 Å². The van der Waals surface area contributed by atoms with E-state index in [1.807, 2.05) is 12.1 Å². The van der Waals surface area contributed by atoms with Crippen molar-refractivity contribution in [3.05, 3.63) is 63.9 Å². The van der Waals surface area contributed by atoms with Crippen molar-refractivity contribution >= 4 is 45.5 Å². The second-order valence-electron chi connectivity index (χ2n) is 9.14. The van der Waals surface area contributed by atoms with Gasteiger partial charge in [0.2, 0.25) is 5.36 Å². The van der Waals surface area contributed by atoms with Crippen LogP contribution in [0.5, 0.6) is 0 Å². The molecule has 0 spiro atoms. The summed E-state index contributed by atoms with van der Waals surface area (Å²) < 4.78 is 8.92. The lowest BCUT2D eigenvalue weighted by molar-refractivity contribution is 0.604. The maximum absolute atomic E-state index is 7.02. The van der Waals surface area contributed by atoms with E-state index in [1.165, 1.54) is 0 Å². The third kappa shape index (κ3) is 5.19. The van der Waals surface area contributed by atoms with E-state index in [-0.39, 0.29) is 0 Å². The molecule has 196 valence electrons. The lowest BCUT2D eigenvalue weighted by atomic mass is 9.93. The minimum atomic E-state index is 0.642. The van der Waals surface area contributed by atoms with Crippen LogP contribution in [0.25, 0.3) is 33.4 Å². The summed E-state index contributed by atoms with van der Waals surface area (Å²) in [5.41, 5.74) is 5.85. The van der Waals surface area contributed by atoms with Gasteiger partial charge in [0.05, 0.1) is 16.1 Å². The van der Waals surface area contributed by atoms with Crippen LogP contribution in [0.3, 0.4) is 0 Å². The summed E-state index contributed by atoms with van der Waals surface area (Å²) >= 11 is 14.0. The van der Waals surface area contributed by atoms with Gasteiger partial charge in [-0.3, -0.25) is 0 Å². The molecule has 2 aromatic rings. The fraction of sp³-hybridized carbons (Fsp3) is 0.387. The first kappa shape index (κ1) is 27.3. The van der Waals surface area contributed by atoms with Crippen molar-refractivity contribution in [2.75, 3.05) is 49.1 Å². The van der Waals surface area contributed by atoms with Gasteiger partial charge in [0, 0.05) is 71.8 Å². The Labute approximate surface area is 231 Å². The molecule has 0 saturated carbocycles. The standard InChI is InChI=1S/C31H38Cl2N3O/c1-7-34(8-2)21-13-15-24-28(19-21)37-29-20-22(35(9-3)10-4)14-16-25(29)30(24)31-26(32)17-23(18-27(31)33)36(11-5)12-6/h13-20H,7-12H2,1-6H3/q+1. The summed E-state index contributed by atoms with van der Waals surface area (Å²) in [7, 11) is 0. The van der Waals surface area contributed by atoms with Crippen LogP contribution < -0.4 is 19.7 Å². The maximum atomic E-state index is 7.02. The molecule has 1 aliphatic carbocycles. The predicted molar refractivity (Wildman–Crippen MR) is 162 cm³/mol. The van der Waals surface area contributed by atoms with Crippen molar-refractivity contribution in [2.24, 2.45) is 0 Å². The third-order valence-electron chi connectivity index (χ3n) is 7.35. The SMILES string of the molecule is CCN(CC)c1cc(Cl)c(-c2c3ccc(=[N+](CC)CC)cc-3oc3cc(N(CC)CC)ccc23)c(Cl)c1. The average molecular weight is 540 g/mol. The van der Waals surface area contributed by atoms with Crippen molar-refractivity contribution in [1.29, 1.82) is 0 Å². The lowest BCUT2D eigenvalue weighted by Crippen LogP contribution is -2.29. The number of nitrogens with zero attached hydrogens (tertiary/aromatic N) is 3. The molecule has 0 fully saturated rings. The Kier molecular flexibility index (Phi) is 8.71. The Morgan fingerprint density at radius 3 is 1.84 bits per heavy atom. The molecule has 4 nitrogen and oxygen atoms in total. The first-order chi connectivity index (χ1) is 17.9. The van der Waals surface area contributed by atoms with Crippen LogP contribution in [0.1, 0.15) is 41.5 Å². The van der Waals surface area contributed by atoms with E-state index in [4.69, 9.17) is 27.6 Å². The summed E-state index contributed by atoms with van der Waals surface area (Å²) in [5.74, 6) is 0.823. The molecule has 2 aliphatic rings. The molecule has 0 amide bonds. The van der Waals surface area contributed by atoms with E-state index in [9.17, 15) is 0 Å². The molecule has 0 radical (unpaired) electrons. The van der Waals surface area contributed by atoms with Gasteiger partial charge in [-0.05, 0) is 71.9 Å². The fourth-order valence-electron chi connectivity index (χ4n) is 5.28. The highest BCUT2D eigenvalue weighted by Gasteiger charge is 2.23. The Morgan fingerprint density at radius 1 is 0.676 bits per heavy atom. The molecular formula is C31H38Cl2N3O+. The number of rotatable bonds is 9. The molecule has 0 saturated heterocycles. The first-order valence-electron chi connectivity index (χ1n) is 13.5. The second-order valence-corrected chi connectivity index (χ2v) is 9.95. The van der Waals surface area contributed by atoms with Crippen LogP contribution in [0.15, 0.2) is 52.9 Å². The Balaban J connectivity index is 2.09. The number of anilines is 2. The quantitative estimate of drug-likeness (QED) is 0.159. The fourth-order valence-corrected chi connectivity index (χ4v) is 5.94. The summed E-state index contributed by atoms with van der Waals surface area (Å²) in [6, 6.07) is 17.0. The molecule has 37 heavy (non-hydrogen) atoms. The summed E-state index contributed by atoms with van der Waals surface area (Å²) in [4.78, 5) is 4.58. The van der Waals surface area contributed by atoms with E-state index in [2.05, 4.69) is 92.3 Å². The zero-order chi connectivity index (χ0) is 26.7. The molecule has 1 heterocycles. The number of fused-ring (bicyclic) bond motifs is 2. The molecule has 0 N–H and O–H groups in total. The van der Waals surface area contributed by atoms with E-state index < -0.39 is 0 Å². The van der Waals surface area contributed by atoms with Crippen LogP contribution >= 0.6 is 23.2 Å². The smallest absolute Gasteiger partial charge is 0.203 e. The zero-order valence-electron chi connectivity index (χ0n) is 22.9. The van der Waals surface area contributed by atoms with Gasteiger partial charge in [-0.25, -0.2) is 4.58 Å². The minimum Gasteiger partial charge on any atom is -0.456 e. The van der Waals surface area contributed by atoms with E-state index in [1.54, 1.807) is 0 Å². The van der Waals surface area contributed by atoms with E-state index in [0.717, 1.165) is 89.4 Å². The van der Waals surface area contributed by atoms with Crippen LogP contribution in [0, 0.1) is 0 Å². The molecule has 6 heteroatoms. The highest BCUT2D eigenvalue weighted by atomic mass is 35.5. The molecule has 0 bridgehead atoms. The molecule has 4 rings (SSSR count). The Bertz CT molecular complexity index is 1410. The van der Waals surface area contributed by atoms with Gasteiger partial charge in [0.15, 0.2) is 0 Å². The van der Waals surface area contributed by atoms with Crippen LogP contribution in [0.4, 0.5) is 11.4 Å². The van der Waals surface area contributed by atoms with Gasteiger partial charge >= 0.3 is 0 Å². The maximum Gasteiger partial charge on any atom is 0.203 e. The number of benzene rings is 3. The van der Waals surface area contributed by atoms with Crippen molar-refractivity contribution in [1.82, 2.24) is 4.58 Å². The van der Waals surface area contributed by atoms with Crippen molar-refractivity contribution < 1.29 is 4.42 Å². The molecule has 2 aromatic carbocycles. The van der Waals surface area contributed by atoms with Gasteiger partial charge in [-0.2, -0.15) is 0 Å². The summed E-state index contributed by atoms with van der Waals surface area (Å²) in [5, 5.41) is 3.42. The summed E-state index contributed by atoms with van der Waals surface area (Å²) in [6.07, 6.45) is 0. The van der Waals surface area contributed by atoms with Crippen molar-refractivity contribution in [3.63, 3.8) is 0 Å². The first-order valence-corrected chi connectivity index (χ1v) is 14.2. The zero-order valence-corrected chi connectivity index (χ0v) is 24.4. The summed E-state index contributed by atoms with van der Waals surface area (Å²) in [6.45, 7) is 18.5. The third-order valence-corrected chi connectivity index (χ3v) is 7.95. The highest BCUT2D eigenvalue weighted by molar-refractivity contribution is 6.40. The Hall–Kier alpha value is -2.69. The topological polar surface area (TPSA) is 22.6 Å². The Morgan fingerprint density at radius 2 is 1.27 bits per heavy atom. The van der Waals surface area contributed by atoms with E-state index in [0.29, 0.717) is 10.0 Å². The predicted octanol–water partition coefficient (Wildman–Crippen LogP) is 8.02. The van der Waals surface area contributed by atoms with Crippen LogP contribution in [-0.2, 0) is 0 Å². The van der Waals surface area contributed by atoms with Crippen LogP contribution in [-0.4, -0.2) is 39.3 Å². The van der Waals surface area contributed by atoms with Gasteiger partial charge in [-0.15, -0.1) is 0 Å². The molecule has 0 unspecified atom stereocenters. The van der Waals surface area contributed by atoms with Gasteiger partial charge in [0.1, 0.15) is 24.4 Å². The number of hydrogen-bond acceptors (Lipinski definition) is 3. The highest BCUT2D eigenvalue weighted by Crippen LogP contribution is 2.47. The number of halogens is 2. The molecule has 0 atom stereocenters. The molecular weight excluding hydrogens is 501 g/mol.